The van der Waals surface area contributed by atoms with Gasteiger partial charge in [0.05, 0.1) is 24.3 Å². The fraction of sp³-hybridized carbons (Fsp3) is 0.333. The molecule has 0 unspecified atom stereocenters. The minimum atomic E-state index is -0.692. The summed E-state index contributed by atoms with van der Waals surface area (Å²) in [5, 5.41) is 0. The molecule has 6 heteroatoms. The maximum atomic E-state index is 13.9. The Morgan fingerprint density at radius 3 is 2.44 bits per heavy atom. The number of aryl methyl sites for hydroxylation is 2. The number of benzene rings is 2. The topological polar surface area (TPSA) is 35.9 Å². The zero-order chi connectivity index (χ0) is 20.1. The van der Waals surface area contributed by atoms with Crippen molar-refractivity contribution in [2.24, 2.45) is 4.99 Å². The third kappa shape index (κ3) is 5.12. The second kappa shape index (κ2) is 8.75. The van der Waals surface area contributed by atoms with E-state index in [9.17, 15) is 13.6 Å². The first kappa shape index (κ1) is 20.6. The zero-order valence-corrected chi connectivity index (χ0v) is 16.4. The Bertz CT molecular complexity index is 865. The maximum absolute atomic E-state index is 13.9. The Kier molecular flexibility index (Phi) is 6.66. The lowest BCUT2D eigenvalue weighted by atomic mass is 10.00. The summed E-state index contributed by atoms with van der Waals surface area (Å²) in [6.07, 6.45) is 1.76. The van der Waals surface area contributed by atoms with Gasteiger partial charge in [0.25, 0.3) is 0 Å². The van der Waals surface area contributed by atoms with Crippen LogP contribution in [0.4, 0.5) is 20.2 Å². The molecule has 0 bridgehead atoms. The number of aliphatic imine (C=N–C) groups is 1. The lowest BCUT2D eigenvalue weighted by Gasteiger charge is -2.20. The van der Waals surface area contributed by atoms with Crippen molar-refractivity contribution in [3.8, 4) is 0 Å². The van der Waals surface area contributed by atoms with Crippen LogP contribution in [0.25, 0.3) is 0 Å². The Morgan fingerprint density at radius 1 is 1.11 bits per heavy atom. The molecule has 27 heavy (non-hydrogen) atoms. The van der Waals surface area contributed by atoms with Crippen molar-refractivity contribution in [3.63, 3.8) is 0 Å². The molecule has 0 spiro atoms. The Balaban J connectivity index is 2.21. The van der Waals surface area contributed by atoms with E-state index in [1.54, 1.807) is 13.4 Å². The quantitative estimate of drug-likeness (QED) is 0.407. The van der Waals surface area contributed by atoms with Crippen LogP contribution in [0.5, 0.6) is 0 Å². The molecule has 0 N–H and O–H groups in total. The highest BCUT2D eigenvalue weighted by Gasteiger charge is 2.16. The van der Waals surface area contributed by atoms with Crippen LogP contribution in [0.1, 0.15) is 28.4 Å². The van der Waals surface area contributed by atoms with E-state index in [1.807, 2.05) is 44.9 Å². The van der Waals surface area contributed by atoms with E-state index in [-0.39, 0.29) is 18.0 Å². The van der Waals surface area contributed by atoms with E-state index in [2.05, 4.69) is 4.99 Å². The van der Waals surface area contributed by atoms with E-state index in [0.717, 1.165) is 29.4 Å². The van der Waals surface area contributed by atoms with Crippen LogP contribution in [-0.4, -0.2) is 44.2 Å². The van der Waals surface area contributed by atoms with Gasteiger partial charge in [-0.15, -0.1) is 0 Å². The number of halogens is 2. The van der Waals surface area contributed by atoms with Crippen LogP contribution in [0, 0.1) is 25.5 Å². The molecule has 144 valence electrons. The predicted octanol–water partition coefficient (Wildman–Crippen LogP) is 4.51. The highest BCUT2D eigenvalue weighted by molar-refractivity contribution is 6.01. The maximum Gasteiger partial charge on any atom is 0.182 e. The average molecular weight is 373 g/mol. The van der Waals surface area contributed by atoms with Crippen LogP contribution >= 0.6 is 0 Å². The zero-order valence-electron chi connectivity index (χ0n) is 16.4. The van der Waals surface area contributed by atoms with Crippen molar-refractivity contribution in [1.29, 1.82) is 0 Å². The van der Waals surface area contributed by atoms with Crippen LogP contribution in [0.2, 0.25) is 0 Å². The number of carbonyl (C=O) groups is 1. The largest absolute Gasteiger partial charge is 0.366 e. The monoisotopic (exact) mass is 373 g/mol. The minimum Gasteiger partial charge on any atom is -0.366 e. The Morgan fingerprint density at radius 2 is 1.81 bits per heavy atom. The Hall–Kier alpha value is -2.76. The summed E-state index contributed by atoms with van der Waals surface area (Å²) in [6.45, 7) is 6.63. The molecule has 0 saturated heterocycles. The van der Waals surface area contributed by atoms with Crippen LogP contribution in [0.3, 0.4) is 0 Å². The fourth-order valence-electron chi connectivity index (χ4n) is 2.66. The van der Waals surface area contributed by atoms with Gasteiger partial charge in [0, 0.05) is 32.3 Å². The van der Waals surface area contributed by atoms with Gasteiger partial charge in [-0.25, -0.2) is 13.8 Å². The van der Waals surface area contributed by atoms with Gasteiger partial charge in [-0.2, -0.15) is 0 Å². The van der Waals surface area contributed by atoms with Gasteiger partial charge >= 0.3 is 0 Å². The number of nitrogens with zero attached hydrogens (tertiary/aromatic N) is 3. The summed E-state index contributed by atoms with van der Waals surface area (Å²) in [7, 11) is 3.55. The summed E-state index contributed by atoms with van der Waals surface area (Å²) in [5.41, 5.74) is 3.26. The second-order valence-corrected chi connectivity index (χ2v) is 6.65. The number of hydrogen-bond donors (Lipinski definition) is 0. The van der Waals surface area contributed by atoms with Crippen molar-refractivity contribution in [2.75, 3.05) is 32.1 Å². The van der Waals surface area contributed by atoms with Crippen molar-refractivity contribution in [3.05, 3.63) is 58.7 Å². The standard InChI is InChI=1S/C21H25F2N3O/c1-6-25(4)13-24-19-10-14(2)17(9-15(19)3)21(27)12-26(5)20-8-7-16(22)11-18(20)23/h7-11,13H,6,12H2,1-5H3/b24-13-. The number of hydrogen-bond acceptors (Lipinski definition) is 3. The SMILES string of the molecule is CCN(C)/C=N\c1cc(C)c(C(=O)CN(C)c2ccc(F)cc2F)cc1C. The number of ketones is 1. The van der Waals surface area contributed by atoms with Crippen LogP contribution in [0.15, 0.2) is 35.3 Å². The molecule has 2 rings (SSSR count). The van der Waals surface area contributed by atoms with E-state index < -0.39 is 11.6 Å². The number of anilines is 1. The summed E-state index contributed by atoms with van der Waals surface area (Å²) >= 11 is 0. The third-order valence-electron chi connectivity index (χ3n) is 4.44. The molecule has 0 saturated carbocycles. The van der Waals surface area contributed by atoms with Crippen LogP contribution < -0.4 is 4.90 Å². The molecule has 2 aromatic rings. The van der Waals surface area contributed by atoms with Crippen molar-refractivity contribution in [1.82, 2.24) is 4.90 Å². The van der Waals surface area contributed by atoms with Gasteiger partial charge in [-0.05, 0) is 56.2 Å². The molecule has 0 fully saturated rings. The van der Waals surface area contributed by atoms with E-state index in [0.29, 0.717) is 5.56 Å². The molecule has 0 aliphatic heterocycles. The molecular weight excluding hydrogens is 348 g/mol. The fourth-order valence-corrected chi connectivity index (χ4v) is 2.66. The third-order valence-corrected chi connectivity index (χ3v) is 4.44. The molecule has 2 aromatic carbocycles. The molecule has 0 aliphatic rings. The van der Waals surface area contributed by atoms with Crippen molar-refractivity contribution in [2.45, 2.75) is 20.8 Å². The lowest BCUT2D eigenvalue weighted by molar-refractivity contribution is 0.0999. The smallest absolute Gasteiger partial charge is 0.182 e. The van der Waals surface area contributed by atoms with Crippen molar-refractivity contribution < 1.29 is 13.6 Å². The lowest BCUT2D eigenvalue weighted by Crippen LogP contribution is -2.27. The van der Waals surface area contributed by atoms with Crippen molar-refractivity contribution >= 4 is 23.5 Å². The molecule has 0 aliphatic carbocycles. The first-order valence-corrected chi connectivity index (χ1v) is 8.78. The van der Waals surface area contributed by atoms with Gasteiger partial charge in [0.15, 0.2) is 5.78 Å². The summed E-state index contributed by atoms with van der Waals surface area (Å²) in [5.74, 6) is -1.47. The summed E-state index contributed by atoms with van der Waals surface area (Å²) in [6, 6.07) is 7.00. The number of rotatable bonds is 7. The van der Waals surface area contributed by atoms with E-state index >= 15 is 0 Å². The first-order chi connectivity index (χ1) is 12.7. The minimum absolute atomic E-state index is 0.00990. The number of likely N-dealkylation sites (N-methyl/N-ethyl adjacent to an activating group) is 1. The van der Waals surface area contributed by atoms with Gasteiger partial charge in [-0.1, -0.05) is 0 Å². The first-order valence-electron chi connectivity index (χ1n) is 8.78. The molecule has 0 atom stereocenters. The normalized spacial score (nSPS) is 11.1. The van der Waals surface area contributed by atoms with Gasteiger partial charge < -0.3 is 9.80 Å². The highest BCUT2D eigenvalue weighted by atomic mass is 19.1. The number of carbonyl (C=O) groups excluding carboxylic acids is 1. The van der Waals surface area contributed by atoms with Crippen LogP contribution in [-0.2, 0) is 0 Å². The summed E-state index contributed by atoms with van der Waals surface area (Å²) in [4.78, 5) is 20.6. The summed E-state index contributed by atoms with van der Waals surface area (Å²) < 4.78 is 27.0. The van der Waals surface area contributed by atoms with E-state index in [4.69, 9.17) is 0 Å². The molecule has 0 amide bonds. The molecule has 0 aromatic heterocycles. The predicted molar refractivity (Wildman–Crippen MR) is 106 cm³/mol. The van der Waals surface area contributed by atoms with Gasteiger partial charge in [0.1, 0.15) is 11.6 Å². The second-order valence-electron chi connectivity index (χ2n) is 6.65. The molecule has 4 nitrogen and oxygen atoms in total. The average Bonchev–Trinajstić information content (AvgIpc) is 2.61. The van der Waals surface area contributed by atoms with E-state index in [1.165, 1.54) is 17.0 Å². The Labute approximate surface area is 159 Å². The van der Waals surface area contributed by atoms with Gasteiger partial charge in [0.2, 0.25) is 0 Å². The molecule has 0 heterocycles. The molecule has 0 radical (unpaired) electrons. The molecular formula is C21H25F2N3O. The highest BCUT2D eigenvalue weighted by Crippen LogP contribution is 2.25. The van der Waals surface area contributed by atoms with Gasteiger partial charge in [-0.3, -0.25) is 4.79 Å². The number of Topliss-reactive ketones (excluding diaryl/α,β-unsaturated/α-hetero) is 1.